The summed E-state index contributed by atoms with van der Waals surface area (Å²) in [4.78, 5) is 25.5. The highest BCUT2D eigenvalue weighted by Gasteiger charge is 2.31. The van der Waals surface area contributed by atoms with E-state index in [0.29, 0.717) is 16.5 Å². The van der Waals surface area contributed by atoms with Crippen molar-refractivity contribution in [3.05, 3.63) is 46.1 Å². The zero-order chi connectivity index (χ0) is 23.7. The number of rotatable bonds is 8. The standard InChI is InChI=1S/C24H28N4O3S2/c1-13(2)28-21(16-8-9-16)26-27-24(28)33-12-19(29)25-22-20(23(30)31-5)18(11-32-22)17-10-14(3)6-7-15(17)4/h6-7,10-11,13,16H,8-9,12H2,1-5H3,(H,25,29). The van der Waals surface area contributed by atoms with Gasteiger partial charge in [-0.15, -0.1) is 21.5 Å². The molecule has 2 aromatic heterocycles. The fraction of sp³-hybridized carbons (Fsp3) is 0.417. The molecule has 0 radical (unpaired) electrons. The number of esters is 1. The summed E-state index contributed by atoms with van der Waals surface area (Å²) in [5.41, 5.74) is 4.26. The molecule has 1 saturated carbocycles. The van der Waals surface area contributed by atoms with E-state index in [1.54, 1.807) is 0 Å². The monoisotopic (exact) mass is 484 g/mol. The molecule has 9 heteroatoms. The maximum absolute atomic E-state index is 12.8. The molecule has 1 fully saturated rings. The Morgan fingerprint density at radius 1 is 1.24 bits per heavy atom. The largest absolute Gasteiger partial charge is 0.465 e. The van der Waals surface area contributed by atoms with Gasteiger partial charge in [0.05, 0.1) is 12.9 Å². The molecule has 1 amide bonds. The van der Waals surface area contributed by atoms with E-state index in [4.69, 9.17) is 4.74 Å². The minimum atomic E-state index is -0.469. The number of aromatic nitrogens is 3. The number of nitrogens with zero attached hydrogens (tertiary/aromatic N) is 3. The van der Waals surface area contributed by atoms with Gasteiger partial charge in [-0.1, -0.05) is 35.5 Å². The number of thiophene rings is 1. The Morgan fingerprint density at radius 2 is 2.00 bits per heavy atom. The highest BCUT2D eigenvalue weighted by molar-refractivity contribution is 7.99. The zero-order valence-corrected chi connectivity index (χ0v) is 21.1. The fourth-order valence-corrected chi connectivity index (χ4v) is 5.60. The van der Waals surface area contributed by atoms with Gasteiger partial charge in [-0.05, 0) is 51.7 Å². The number of benzene rings is 1. The number of carbonyl (C=O) groups is 2. The molecule has 4 rings (SSSR count). The number of methoxy groups -OCH3 is 1. The van der Waals surface area contributed by atoms with Gasteiger partial charge >= 0.3 is 5.97 Å². The molecule has 0 atom stereocenters. The molecule has 1 N–H and O–H groups in total. The van der Waals surface area contributed by atoms with E-state index in [1.165, 1.54) is 30.2 Å². The minimum Gasteiger partial charge on any atom is -0.465 e. The molecule has 0 bridgehead atoms. The number of amides is 1. The van der Waals surface area contributed by atoms with Gasteiger partial charge in [0.25, 0.3) is 0 Å². The second kappa shape index (κ2) is 9.69. The topological polar surface area (TPSA) is 86.1 Å². The van der Waals surface area contributed by atoms with Gasteiger partial charge < -0.3 is 14.6 Å². The maximum Gasteiger partial charge on any atom is 0.341 e. The average molecular weight is 485 g/mol. The number of hydrogen-bond donors (Lipinski definition) is 1. The summed E-state index contributed by atoms with van der Waals surface area (Å²) in [6, 6.07) is 6.33. The summed E-state index contributed by atoms with van der Waals surface area (Å²) in [5.74, 6) is 1.000. The quantitative estimate of drug-likeness (QED) is 0.331. The van der Waals surface area contributed by atoms with Crippen molar-refractivity contribution in [3.63, 3.8) is 0 Å². The Labute approximate surface area is 201 Å². The first kappa shape index (κ1) is 23.5. The van der Waals surface area contributed by atoms with Crippen LogP contribution in [0.15, 0.2) is 28.7 Å². The molecule has 1 aliphatic rings. The predicted octanol–water partition coefficient (Wildman–Crippen LogP) is 5.60. The molecule has 3 aromatic rings. The van der Waals surface area contributed by atoms with E-state index in [-0.39, 0.29) is 17.7 Å². The lowest BCUT2D eigenvalue weighted by Gasteiger charge is -2.13. The van der Waals surface area contributed by atoms with E-state index >= 15 is 0 Å². The first-order chi connectivity index (χ1) is 15.8. The highest BCUT2D eigenvalue weighted by atomic mass is 32.2. The Kier molecular flexibility index (Phi) is 6.90. The molecule has 0 aliphatic heterocycles. The molecule has 7 nitrogen and oxygen atoms in total. The molecule has 2 heterocycles. The molecule has 33 heavy (non-hydrogen) atoms. The van der Waals surface area contributed by atoms with Crippen LogP contribution in [0.1, 0.15) is 66.0 Å². The van der Waals surface area contributed by atoms with E-state index in [0.717, 1.165) is 46.1 Å². The number of thioether (sulfide) groups is 1. The fourth-order valence-electron chi connectivity index (χ4n) is 3.76. The van der Waals surface area contributed by atoms with Crippen molar-refractivity contribution in [2.75, 3.05) is 18.2 Å². The zero-order valence-electron chi connectivity index (χ0n) is 19.5. The van der Waals surface area contributed by atoms with Crippen LogP contribution in [0.2, 0.25) is 0 Å². The summed E-state index contributed by atoms with van der Waals surface area (Å²) < 4.78 is 7.17. The third-order valence-electron chi connectivity index (χ3n) is 5.60. The van der Waals surface area contributed by atoms with Crippen LogP contribution in [-0.2, 0) is 9.53 Å². The normalized spacial score (nSPS) is 13.4. The lowest BCUT2D eigenvalue weighted by atomic mass is 9.97. The second-order valence-corrected chi connectivity index (χ2v) is 10.4. The van der Waals surface area contributed by atoms with Crippen molar-refractivity contribution in [1.29, 1.82) is 0 Å². The molecule has 1 aromatic carbocycles. The number of anilines is 1. The van der Waals surface area contributed by atoms with Crippen LogP contribution in [0.3, 0.4) is 0 Å². The number of ether oxygens (including phenoxy) is 1. The van der Waals surface area contributed by atoms with Gasteiger partial charge in [0.2, 0.25) is 5.91 Å². The van der Waals surface area contributed by atoms with Crippen molar-refractivity contribution in [2.45, 2.75) is 57.7 Å². The van der Waals surface area contributed by atoms with Crippen LogP contribution >= 0.6 is 23.1 Å². The van der Waals surface area contributed by atoms with Crippen LogP contribution in [0.4, 0.5) is 5.00 Å². The molecule has 0 saturated heterocycles. The van der Waals surface area contributed by atoms with Gasteiger partial charge in [-0.3, -0.25) is 4.79 Å². The van der Waals surface area contributed by atoms with Crippen LogP contribution in [0, 0.1) is 13.8 Å². The minimum absolute atomic E-state index is 0.173. The lowest BCUT2D eigenvalue weighted by molar-refractivity contribution is -0.113. The Balaban J connectivity index is 1.53. The smallest absolute Gasteiger partial charge is 0.341 e. The predicted molar refractivity (Wildman–Crippen MR) is 132 cm³/mol. The summed E-state index contributed by atoms with van der Waals surface area (Å²) in [7, 11) is 1.35. The van der Waals surface area contributed by atoms with Crippen LogP contribution < -0.4 is 5.32 Å². The van der Waals surface area contributed by atoms with Crippen LogP contribution in [0.25, 0.3) is 11.1 Å². The van der Waals surface area contributed by atoms with Crippen molar-refractivity contribution >= 4 is 40.0 Å². The van der Waals surface area contributed by atoms with E-state index in [2.05, 4.69) is 33.9 Å². The summed E-state index contributed by atoms with van der Waals surface area (Å²) in [6.45, 7) is 8.21. The van der Waals surface area contributed by atoms with Gasteiger partial charge in [-0.25, -0.2) is 4.79 Å². The van der Waals surface area contributed by atoms with E-state index in [1.807, 2.05) is 37.4 Å². The van der Waals surface area contributed by atoms with Gasteiger partial charge in [0, 0.05) is 22.9 Å². The lowest BCUT2D eigenvalue weighted by Crippen LogP contribution is -2.17. The average Bonchev–Trinajstić information content (AvgIpc) is 3.41. The van der Waals surface area contributed by atoms with Gasteiger partial charge in [0.15, 0.2) is 5.16 Å². The van der Waals surface area contributed by atoms with Crippen LogP contribution in [0.5, 0.6) is 0 Å². The highest BCUT2D eigenvalue weighted by Crippen LogP contribution is 2.41. The first-order valence-electron chi connectivity index (χ1n) is 10.9. The molecular weight excluding hydrogens is 456 g/mol. The molecule has 0 spiro atoms. The number of aryl methyl sites for hydroxylation is 2. The third kappa shape index (κ3) is 4.99. The number of carbonyl (C=O) groups excluding carboxylic acids is 2. The summed E-state index contributed by atoms with van der Waals surface area (Å²) >= 11 is 2.69. The Hall–Kier alpha value is -2.65. The maximum atomic E-state index is 12.8. The van der Waals surface area contributed by atoms with E-state index in [9.17, 15) is 9.59 Å². The van der Waals surface area contributed by atoms with E-state index < -0.39 is 5.97 Å². The Morgan fingerprint density at radius 3 is 2.67 bits per heavy atom. The number of hydrogen-bond acceptors (Lipinski definition) is 7. The van der Waals surface area contributed by atoms with Crippen molar-refractivity contribution < 1.29 is 14.3 Å². The van der Waals surface area contributed by atoms with Crippen molar-refractivity contribution in [1.82, 2.24) is 14.8 Å². The molecule has 1 aliphatic carbocycles. The van der Waals surface area contributed by atoms with Gasteiger partial charge in [-0.2, -0.15) is 0 Å². The van der Waals surface area contributed by atoms with Crippen molar-refractivity contribution in [2.24, 2.45) is 0 Å². The first-order valence-corrected chi connectivity index (χ1v) is 12.8. The Bertz CT molecular complexity index is 1190. The van der Waals surface area contributed by atoms with Crippen LogP contribution in [-0.4, -0.2) is 39.5 Å². The molecular formula is C24H28N4O3S2. The molecule has 0 unspecified atom stereocenters. The summed E-state index contributed by atoms with van der Waals surface area (Å²) in [6.07, 6.45) is 2.29. The van der Waals surface area contributed by atoms with Crippen molar-refractivity contribution in [3.8, 4) is 11.1 Å². The molecule has 174 valence electrons. The van der Waals surface area contributed by atoms with Gasteiger partial charge in [0.1, 0.15) is 16.4 Å². The number of nitrogens with one attached hydrogen (secondary N) is 1. The third-order valence-corrected chi connectivity index (χ3v) is 7.44. The SMILES string of the molecule is COC(=O)c1c(-c2cc(C)ccc2C)csc1NC(=O)CSc1nnc(C2CC2)n1C(C)C. The summed E-state index contributed by atoms with van der Waals surface area (Å²) in [5, 5.41) is 14.7. The second-order valence-electron chi connectivity index (χ2n) is 8.58.